The van der Waals surface area contributed by atoms with Crippen molar-refractivity contribution in [3.63, 3.8) is 0 Å². The maximum atomic E-state index is 12.6. The Balaban J connectivity index is 2.40. The monoisotopic (exact) mass is 332 g/mol. The van der Waals surface area contributed by atoms with Gasteiger partial charge in [-0.1, -0.05) is 11.6 Å². The Kier molecular flexibility index (Phi) is 5.14. The molecule has 0 spiro atoms. The molecule has 1 aliphatic rings. The highest BCUT2D eigenvalue weighted by atomic mass is 35.5. The average molecular weight is 333 g/mol. The van der Waals surface area contributed by atoms with Gasteiger partial charge in [0.15, 0.2) is 0 Å². The third-order valence-corrected chi connectivity index (χ3v) is 5.41. The van der Waals surface area contributed by atoms with Crippen molar-refractivity contribution in [2.45, 2.75) is 37.2 Å². The second-order valence-electron chi connectivity index (χ2n) is 5.37. The van der Waals surface area contributed by atoms with Gasteiger partial charge in [0.25, 0.3) is 0 Å². The Labute approximate surface area is 131 Å². The number of hydrogen-bond donors (Lipinski definition) is 2. The van der Waals surface area contributed by atoms with Crippen molar-refractivity contribution in [2.75, 3.05) is 14.2 Å². The van der Waals surface area contributed by atoms with E-state index in [-0.39, 0.29) is 10.9 Å². The molecule has 1 aromatic rings. The van der Waals surface area contributed by atoms with Crippen molar-refractivity contribution in [3.8, 4) is 5.75 Å². The van der Waals surface area contributed by atoms with Crippen LogP contribution >= 0.6 is 11.6 Å². The molecule has 1 atom stereocenters. The summed E-state index contributed by atoms with van der Waals surface area (Å²) in [5, 5.41) is 3.36. The molecule has 21 heavy (non-hydrogen) atoms. The molecule has 2 rings (SSSR count). The summed E-state index contributed by atoms with van der Waals surface area (Å²) in [6, 6.07) is 3.06. The zero-order valence-electron chi connectivity index (χ0n) is 12.4. The van der Waals surface area contributed by atoms with Crippen molar-refractivity contribution in [3.05, 3.63) is 22.7 Å². The first kappa shape index (κ1) is 16.5. The van der Waals surface area contributed by atoms with Gasteiger partial charge in [-0.05, 0) is 44.9 Å². The molecule has 0 amide bonds. The van der Waals surface area contributed by atoms with Crippen LogP contribution < -0.4 is 14.8 Å². The zero-order valence-corrected chi connectivity index (χ0v) is 14.0. The van der Waals surface area contributed by atoms with Gasteiger partial charge in [0.2, 0.25) is 10.0 Å². The lowest BCUT2D eigenvalue weighted by atomic mass is 10.2. The minimum atomic E-state index is -3.66. The molecule has 5 nitrogen and oxygen atoms in total. The molecule has 0 aliphatic heterocycles. The Morgan fingerprint density at radius 1 is 1.43 bits per heavy atom. The number of sulfonamides is 1. The smallest absolute Gasteiger partial charge is 0.244 e. The van der Waals surface area contributed by atoms with Crippen molar-refractivity contribution in [1.82, 2.24) is 10.0 Å². The highest BCUT2D eigenvalue weighted by molar-refractivity contribution is 7.89. The molecule has 1 unspecified atom stereocenters. The van der Waals surface area contributed by atoms with E-state index < -0.39 is 10.0 Å². The molecular weight excluding hydrogens is 312 g/mol. The van der Waals surface area contributed by atoms with Gasteiger partial charge in [-0.25, -0.2) is 13.1 Å². The summed E-state index contributed by atoms with van der Waals surface area (Å²) in [5.41, 5.74) is 0.715. The summed E-state index contributed by atoms with van der Waals surface area (Å²) in [7, 11) is -0.414. The largest absolute Gasteiger partial charge is 0.495 e. The molecule has 0 radical (unpaired) electrons. The number of halogens is 1. The van der Waals surface area contributed by atoms with E-state index in [0.29, 0.717) is 28.8 Å². The first-order chi connectivity index (χ1) is 9.89. The van der Waals surface area contributed by atoms with Gasteiger partial charge in [0.05, 0.1) is 7.11 Å². The van der Waals surface area contributed by atoms with Crippen LogP contribution in [0.5, 0.6) is 5.75 Å². The zero-order chi connectivity index (χ0) is 15.6. The normalized spacial score (nSPS) is 16.8. The van der Waals surface area contributed by atoms with Crippen LogP contribution in [-0.4, -0.2) is 28.6 Å². The fraction of sp³-hybridized carbons (Fsp3) is 0.571. The van der Waals surface area contributed by atoms with Crippen LogP contribution in [-0.2, 0) is 16.6 Å². The van der Waals surface area contributed by atoms with Crippen LogP contribution in [0.1, 0.15) is 25.3 Å². The second kappa shape index (κ2) is 6.52. The van der Waals surface area contributed by atoms with Crippen molar-refractivity contribution in [1.29, 1.82) is 0 Å². The van der Waals surface area contributed by atoms with E-state index >= 15 is 0 Å². The molecule has 2 N–H and O–H groups in total. The maximum Gasteiger partial charge on any atom is 0.244 e. The summed E-state index contributed by atoms with van der Waals surface area (Å²) >= 11 is 6.06. The van der Waals surface area contributed by atoms with Crippen molar-refractivity contribution < 1.29 is 13.2 Å². The summed E-state index contributed by atoms with van der Waals surface area (Å²) in [5.74, 6) is 0.769. The van der Waals surface area contributed by atoms with Crippen LogP contribution in [0.3, 0.4) is 0 Å². The van der Waals surface area contributed by atoms with Crippen molar-refractivity contribution in [2.24, 2.45) is 5.92 Å². The molecule has 1 aliphatic carbocycles. The molecule has 118 valence electrons. The first-order valence-corrected chi connectivity index (χ1v) is 8.78. The predicted molar refractivity (Wildman–Crippen MR) is 83.3 cm³/mol. The standard InChI is InChI=1S/C14H21ClN2O3S/c1-9(10-4-5-10)17-21(18,19)13-7-12(15)6-11(8-16-2)14(13)20-3/h6-7,9-10,16-17H,4-5,8H2,1-3H3. The van der Waals surface area contributed by atoms with Crippen LogP contribution in [0.2, 0.25) is 5.02 Å². The van der Waals surface area contributed by atoms with Crippen LogP contribution in [0, 0.1) is 5.92 Å². The Morgan fingerprint density at radius 2 is 2.10 bits per heavy atom. The summed E-state index contributed by atoms with van der Waals surface area (Å²) in [4.78, 5) is 0.0928. The number of hydrogen-bond acceptors (Lipinski definition) is 4. The maximum absolute atomic E-state index is 12.6. The summed E-state index contributed by atoms with van der Waals surface area (Å²) < 4.78 is 33.2. The lowest BCUT2D eigenvalue weighted by Gasteiger charge is -2.18. The number of benzene rings is 1. The molecular formula is C14H21ClN2O3S. The molecule has 7 heteroatoms. The van der Waals surface area contributed by atoms with Gasteiger partial charge >= 0.3 is 0 Å². The minimum Gasteiger partial charge on any atom is -0.495 e. The Morgan fingerprint density at radius 3 is 2.62 bits per heavy atom. The average Bonchev–Trinajstić information content (AvgIpc) is 3.22. The number of rotatable bonds is 7. The van der Waals surface area contributed by atoms with E-state index in [4.69, 9.17) is 16.3 Å². The summed E-state index contributed by atoms with van der Waals surface area (Å²) in [6.07, 6.45) is 2.14. The lowest BCUT2D eigenvalue weighted by molar-refractivity contribution is 0.395. The minimum absolute atomic E-state index is 0.0774. The highest BCUT2D eigenvalue weighted by Crippen LogP contribution is 2.35. The lowest BCUT2D eigenvalue weighted by Crippen LogP contribution is -2.34. The van der Waals surface area contributed by atoms with Crippen LogP contribution in [0.4, 0.5) is 0 Å². The van der Waals surface area contributed by atoms with Gasteiger partial charge in [0.1, 0.15) is 10.6 Å². The van der Waals surface area contributed by atoms with E-state index in [2.05, 4.69) is 10.0 Å². The van der Waals surface area contributed by atoms with Crippen LogP contribution in [0.25, 0.3) is 0 Å². The number of methoxy groups -OCH3 is 1. The van der Waals surface area contributed by atoms with E-state index in [1.165, 1.54) is 13.2 Å². The van der Waals surface area contributed by atoms with Crippen molar-refractivity contribution >= 4 is 21.6 Å². The van der Waals surface area contributed by atoms with E-state index in [9.17, 15) is 8.42 Å². The Hall–Kier alpha value is -0.820. The molecule has 1 fully saturated rings. The molecule has 0 saturated heterocycles. The fourth-order valence-electron chi connectivity index (χ4n) is 2.38. The highest BCUT2D eigenvalue weighted by Gasteiger charge is 2.32. The second-order valence-corrected chi connectivity index (χ2v) is 7.49. The van der Waals surface area contributed by atoms with Gasteiger partial charge in [-0.2, -0.15) is 0 Å². The number of ether oxygens (including phenoxy) is 1. The topological polar surface area (TPSA) is 67.4 Å². The first-order valence-electron chi connectivity index (χ1n) is 6.92. The molecule has 0 bridgehead atoms. The molecule has 1 aromatic carbocycles. The fourth-order valence-corrected chi connectivity index (χ4v) is 4.23. The summed E-state index contributed by atoms with van der Waals surface area (Å²) in [6.45, 7) is 2.37. The van der Waals surface area contributed by atoms with Gasteiger partial charge < -0.3 is 10.1 Å². The van der Waals surface area contributed by atoms with E-state index in [1.54, 1.807) is 13.1 Å². The van der Waals surface area contributed by atoms with Gasteiger partial charge in [0, 0.05) is 23.2 Å². The SMILES string of the molecule is CNCc1cc(Cl)cc(S(=O)(=O)NC(C)C2CC2)c1OC. The Bertz CT molecular complexity index is 615. The molecule has 1 saturated carbocycles. The van der Waals surface area contributed by atoms with Gasteiger partial charge in [-0.3, -0.25) is 0 Å². The van der Waals surface area contributed by atoms with E-state index in [1.807, 2.05) is 6.92 Å². The van der Waals surface area contributed by atoms with Gasteiger partial charge in [-0.15, -0.1) is 0 Å². The van der Waals surface area contributed by atoms with E-state index in [0.717, 1.165) is 12.8 Å². The quantitative estimate of drug-likeness (QED) is 0.803. The van der Waals surface area contributed by atoms with Crippen LogP contribution in [0.15, 0.2) is 17.0 Å². The number of nitrogens with one attached hydrogen (secondary N) is 2. The molecule has 0 heterocycles. The third kappa shape index (κ3) is 3.88. The molecule has 0 aromatic heterocycles. The third-order valence-electron chi connectivity index (χ3n) is 3.63. The predicted octanol–water partition coefficient (Wildman–Crippen LogP) is 2.14.